The lowest BCUT2D eigenvalue weighted by molar-refractivity contribution is 0.475. The Morgan fingerprint density at radius 3 is 2.52 bits per heavy atom. The van der Waals surface area contributed by atoms with Crippen LogP contribution in [0.15, 0.2) is 72.8 Å². The van der Waals surface area contributed by atoms with Gasteiger partial charge in [-0.2, -0.15) is 0 Å². The molecule has 120 valence electrons. The molecule has 2 aromatic carbocycles. The van der Waals surface area contributed by atoms with E-state index in [-0.39, 0.29) is 0 Å². The zero-order valence-corrected chi connectivity index (χ0v) is 13.7. The molecule has 0 saturated carbocycles. The molecule has 0 bridgehead atoms. The Balaban J connectivity index is 1.69. The molecule has 0 spiro atoms. The first-order chi connectivity index (χ1) is 11.1. The maximum absolute atomic E-state index is 9.26. The van der Waals surface area contributed by atoms with Crippen molar-refractivity contribution in [2.24, 2.45) is 5.92 Å². The molecule has 0 radical (unpaired) electrons. The van der Waals surface area contributed by atoms with Crippen molar-refractivity contribution in [3.63, 3.8) is 0 Å². The maximum atomic E-state index is 9.26. The minimum absolute atomic E-state index is 0.317. The summed E-state index contributed by atoms with van der Waals surface area (Å²) in [6, 6.07) is 17.7. The zero-order valence-electron chi connectivity index (χ0n) is 13.7. The molecule has 0 fully saturated rings. The van der Waals surface area contributed by atoms with Crippen molar-refractivity contribution in [2.75, 3.05) is 13.1 Å². The van der Waals surface area contributed by atoms with Crippen LogP contribution in [0.25, 0.3) is 6.08 Å². The highest BCUT2D eigenvalue weighted by atomic mass is 16.3. The minimum atomic E-state index is 0.317. The lowest BCUT2D eigenvalue weighted by Crippen LogP contribution is -2.24. The van der Waals surface area contributed by atoms with E-state index < -0.39 is 0 Å². The largest absolute Gasteiger partial charge is 0.508 e. The third-order valence-electron chi connectivity index (χ3n) is 3.90. The number of allylic oxidation sites excluding steroid dienone is 1. The molecular formula is C21H25NO. The minimum Gasteiger partial charge on any atom is -0.508 e. The van der Waals surface area contributed by atoms with E-state index in [1.807, 2.05) is 30.3 Å². The van der Waals surface area contributed by atoms with E-state index in [4.69, 9.17) is 0 Å². The lowest BCUT2D eigenvalue weighted by atomic mass is 10.0. The van der Waals surface area contributed by atoms with Crippen molar-refractivity contribution in [3.05, 3.63) is 84.0 Å². The third kappa shape index (κ3) is 6.13. The van der Waals surface area contributed by atoms with E-state index >= 15 is 0 Å². The van der Waals surface area contributed by atoms with E-state index in [1.54, 1.807) is 12.1 Å². The smallest absolute Gasteiger partial charge is 0.115 e. The van der Waals surface area contributed by atoms with Crippen LogP contribution in [0.3, 0.4) is 0 Å². The fourth-order valence-electron chi connectivity index (χ4n) is 2.28. The highest BCUT2D eigenvalue weighted by Crippen LogP contribution is 2.12. The van der Waals surface area contributed by atoms with Gasteiger partial charge in [-0.25, -0.2) is 0 Å². The predicted molar refractivity (Wildman–Crippen MR) is 98.5 cm³/mol. The van der Waals surface area contributed by atoms with Gasteiger partial charge in [0, 0.05) is 6.54 Å². The molecule has 2 nitrogen and oxygen atoms in total. The molecular weight excluding hydrogens is 282 g/mol. The Labute approximate surface area is 139 Å². The Morgan fingerprint density at radius 1 is 1.13 bits per heavy atom. The first kappa shape index (κ1) is 17.0. The number of hydrogen-bond acceptors (Lipinski definition) is 2. The number of nitrogens with one attached hydrogen (secondary N) is 1. The highest BCUT2D eigenvalue weighted by Gasteiger charge is 2.03. The van der Waals surface area contributed by atoms with Crippen LogP contribution in [0.1, 0.15) is 18.1 Å². The van der Waals surface area contributed by atoms with Crippen LogP contribution in [0.2, 0.25) is 0 Å². The first-order valence-corrected chi connectivity index (χ1v) is 8.05. The van der Waals surface area contributed by atoms with Crippen LogP contribution < -0.4 is 5.32 Å². The molecule has 2 rings (SSSR count). The summed E-state index contributed by atoms with van der Waals surface area (Å²) in [5, 5.41) is 12.7. The summed E-state index contributed by atoms with van der Waals surface area (Å²) < 4.78 is 0. The summed E-state index contributed by atoms with van der Waals surface area (Å²) in [6.45, 7) is 8.18. The monoisotopic (exact) mass is 307 g/mol. The normalized spacial score (nSPS) is 12.4. The first-order valence-electron chi connectivity index (χ1n) is 8.05. The van der Waals surface area contributed by atoms with E-state index in [9.17, 15) is 5.11 Å². The van der Waals surface area contributed by atoms with Gasteiger partial charge in [-0.05, 0) is 42.1 Å². The molecule has 0 aromatic heterocycles. The van der Waals surface area contributed by atoms with Crippen LogP contribution in [0.5, 0.6) is 5.75 Å². The van der Waals surface area contributed by atoms with Crippen molar-refractivity contribution in [2.45, 2.75) is 13.3 Å². The third-order valence-corrected chi connectivity index (χ3v) is 3.90. The Morgan fingerprint density at radius 2 is 1.83 bits per heavy atom. The van der Waals surface area contributed by atoms with Gasteiger partial charge in [0.1, 0.15) is 5.75 Å². The number of benzene rings is 2. The molecule has 0 aliphatic rings. The maximum Gasteiger partial charge on any atom is 0.115 e. The number of aromatic hydroxyl groups is 1. The van der Waals surface area contributed by atoms with Crippen molar-refractivity contribution in [1.82, 2.24) is 5.32 Å². The van der Waals surface area contributed by atoms with E-state index in [1.165, 1.54) is 11.1 Å². The Hall–Kier alpha value is -2.32. The second-order valence-corrected chi connectivity index (χ2v) is 5.84. The number of phenols is 1. The summed E-state index contributed by atoms with van der Waals surface area (Å²) in [5.74, 6) is 0.714. The molecule has 2 heteroatoms. The summed E-state index contributed by atoms with van der Waals surface area (Å²) in [5.41, 5.74) is 3.55. The van der Waals surface area contributed by atoms with Crippen LogP contribution in [-0.2, 0) is 6.42 Å². The highest BCUT2D eigenvalue weighted by molar-refractivity contribution is 5.52. The number of hydrogen-bond donors (Lipinski definition) is 2. The van der Waals surface area contributed by atoms with Gasteiger partial charge in [0.05, 0.1) is 0 Å². The molecule has 23 heavy (non-hydrogen) atoms. The Kier molecular flexibility index (Phi) is 6.64. The molecule has 0 aliphatic heterocycles. The Bertz CT molecular complexity index is 629. The molecule has 0 heterocycles. The summed E-state index contributed by atoms with van der Waals surface area (Å²) in [4.78, 5) is 0. The zero-order chi connectivity index (χ0) is 16.5. The molecule has 0 amide bonds. The average molecular weight is 307 g/mol. The van der Waals surface area contributed by atoms with Crippen LogP contribution in [0, 0.1) is 5.92 Å². The van der Waals surface area contributed by atoms with Gasteiger partial charge >= 0.3 is 0 Å². The van der Waals surface area contributed by atoms with Crippen LogP contribution in [-0.4, -0.2) is 18.2 Å². The SMILES string of the molecule is C=C(/C=C/c1ccccc1)C(C)CNCCc1ccc(O)cc1. The topological polar surface area (TPSA) is 32.3 Å². The van der Waals surface area contributed by atoms with Crippen molar-refractivity contribution in [3.8, 4) is 5.75 Å². The van der Waals surface area contributed by atoms with Gasteiger partial charge in [-0.1, -0.05) is 73.7 Å². The second-order valence-electron chi connectivity index (χ2n) is 5.84. The fraction of sp³-hybridized carbons (Fsp3) is 0.238. The number of phenolic OH excluding ortho intramolecular Hbond substituents is 1. The second kappa shape index (κ2) is 8.96. The van der Waals surface area contributed by atoms with E-state index in [0.29, 0.717) is 11.7 Å². The van der Waals surface area contributed by atoms with E-state index in [2.05, 4.69) is 43.1 Å². The summed E-state index contributed by atoms with van der Waals surface area (Å²) >= 11 is 0. The molecule has 2 aromatic rings. The lowest BCUT2D eigenvalue weighted by Gasteiger charge is -2.13. The van der Waals surface area contributed by atoms with Gasteiger partial charge in [0.2, 0.25) is 0 Å². The van der Waals surface area contributed by atoms with E-state index in [0.717, 1.165) is 25.1 Å². The summed E-state index contributed by atoms with van der Waals surface area (Å²) in [7, 11) is 0. The van der Waals surface area contributed by atoms with Gasteiger partial charge in [-0.3, -0.25) is 0 Å². The quantitative estimate of drug-likeness (QED) is 0.558. The average Bonchev–Trinajstić information content (AvgIpc) is 2.59. The fourth-order valence-corrected chi connectivity index (χ4v) is 2.28. The van der Waals surface area contributed by atoms with Gasteiger partial charge in [0.25, 0.3) is 0 Å². The molecule has 1 atom stereocenters. The number of rotatable bonds is 8. The molecule has 0 aliphatic carbocycles. The van der Waals surface area contributed by atoms with Crippen LogP contribution in [0.4, 0.5) is 0 Å². The van der Waals surface area contributed by atoms with Gasteiger partial charge < -0.3 is 10.4 Å². The van der Waals surface area contributed by atoms with Crippen molar-refractivity contribution >= 4 is 6.08 Å². The standard InChI is InChI=1S/C21H25NO/c1-17(8-9-19-6-4-3-5-7-19)18(2)16-22-15-14-20-10-12-21(23)13-11-20/h3-13,18,22-23H,1,14-16H2,2H3/b9-8+. The summed E-state index contributed by atoms with van der Waals surface area (Å²) in [6.07, 6.45) is 5.16. The predicted octanol–water partition coefficient (Wildman–Crippen LogP) is 4.43. The van der Waals surface area contributed by atoms with Gasteiger partial charge in [-0.15, -0.1) is 0 Å². The van der Waals surface area contributed by atoms with Crippen molar-refractivity contribution in [1.29, 1.82) is 0 Å². The molecule has 2 N–H and O–H groups in total. The van der Waals surface area contributed by atoms with Gasteiger partial charge in [0.15, 0.2) is 0 Å². The molecule has 0 saturated heterocycles. The van der Waals surface area contributed by atoms with Crippen molar-refractivity contribution < 1.29 is 5.11 Å². The molecule has 1 unspecified atom stereocenters. The van der Waals surface area contributed by atoms with Crippen LogP contribution >= 0.6 is 0 Å².